The number of rotatable bonds is 6. The molecule has 1 aliphatic heterocycles. The number of carbonyl (C=O) groups is 1. The molecule has 166 valence electrons. The highest BCUT2D eigenvalue weighted by Crippen LogP contribution is 2.35. The van der Waals surface area contributed by atoms with E-state index < -0.39 is 6.09 Å². The molecule has 0 atom stereocenters. The monoisotopic (exact) mass is 449 g/mol. The summed E-state index contributed by atoms with van der Waals surface area (Å²) in [4.78, 5) is 20.7. The first-order valence-electron chi connectivity index (χ1n) is 10.8. The molecule has 0 spiro atoms. The van der Waals surface area contributed by atoms with E-state index in [4.69, 9.17) is 4.74 Å². The average molecular weight is 450 g/mol. The molecule has 0 unspecified atom stereocenters. The van der Waals surface area contributed by atoms with Crippen LogP contribution >= 0.6 is 11.8 Å². The van der Waals surface area contributed by atoms with Crippen LogP contribution < -0.4 is 5.01 Å². The molecule has 2 aromatic carbocycles. The molecule has 2 heterocycles. The highest BCUT2D eigenvalue weighted by Gasteiger charge is 2.31. The lowest BCUT2D eigenvalue weighted by Crippen LogP contribution is -2.55. The molecule has 0 bridgehead atoms. The molecule has 32 heavy (non-hydrogen) atoms. The second kappa shape index (κ2) is 10.1. The number of carbonyl (C=O) groups excluding carboxylic acids is 1. The lowest BCUT2D eigenvalue weighted by molar-refractivity contribution is 0.104. The fraction of sp³-hybridized carbons (Fsp3) is 0.333. The van der Waals surface area contributed by atoms with Crippen LogP contribution in [-0.2, 0) is 4.74 Å². The maximum Gasteiger partial charge on any atom is 0.430 e. The van der Waals surface area contributed by atoms with Crippen molar-refractivity contribution in [3.05, 3.63) is 54.1 Å². The molecule has 1 amide bonds. The number of hydrogen-bond acceptors (Lipinski definition) is 6. The third-order valence-electron chi connectivity index (χ3n) is 5.42. The van der Waals surface area contributed by atoms with Crippen molar-refractivity contribution < 1.29 is 9.53 Å². The number of H-pyrrole nitrogens is 1. The second-order valence-corrected chi connectivity index (χ2v) is 8.91. The van der Waals surface area contributed by atoms with Crippen molar-refractivity contribution in [3.63, 3.8) is 0 Å². The van der Waals surface area contributed by atoms with Crippen LogP contribution in [0.15, 0.2) is 58.3 Å². The lowest BCUT2D eigenvalue weighted by Gasteiger charge is -2.38. The summed E-state index contributed by atoms with van der Waals surface area (Å²) in [6, 6.07) is 18.4. The van der Waals surface area contributed by atoms with E-state index in [0.717, 1.165) is 40.2 Å². The maximum atomic E-state index is 13.1. The van der Waals surface area contributed by atoms with Gasteiger partial charge in [-0.05, 0) is 43.8 Å². The molecule has 1 aliphatic rings. The summed E-state index contributed by atoms with van der Waals surface area (Å²) in [7, 11) is 2.06. The largest absolute Gasteiger partial charge is 0.448 e. The highest BCUT2D eigenvalue weighted by molar-refractivity contribution is 7.99. The van der Waals surface area contributed by atoms with Gasteiger partial charge in [-0.2, -0.15) is 10.3 Å². The molecule has 8 heteroatoms. The predicted molar refractivity (Wildman–Crippen MR) is 127 cm³/mol. The van der Waals surface area contributed by atoms with Gasteiger partial charge in [0.05, 0.1) is 6.61 Å². The quantitative estimate of drug-likeness (QED) is 0.588. The number of anilines is 1. The molecule has 0 aliphatic carbocycles. The Hall–Kier alpha value is -2.99. The Bertz CT molecular complexity index is 1120. The van der Waals surface area contributed by atoms with E-state index in [1.54, 1.807) is 11.8 Å². The number of hydrazine groups is 1. The summed E-state index contributed by atoms with van der Waals surface area (Å²) in [6.45, 7) is 5.31. The number of nitriles is 1. The Morgan fingerprint density at radius 3 is 2.59 bits per heavy atom. The molecular weight excluding hydrogens is 422 g/mol. The summed E-state index contributed by atoms with van der Waals surface area (Å²) in [5.74, 6) is 0.468. The summed E-state index contributed by atoms with van der Waals surface area (Å²) < 4.78 is 5.48. The average Bonchev–Trinajstić information content (AvgIpc) is 3.17. The minimum atomic E-state index is -0.460. The van der Waals surface area contributed by atoms with Crippen LogP contribution in [0.3, 0.4) is 0 Å². The summed E-state index contributed by atoms with van der Waals surface area (Å²) >= 11 is 1.64. The standard InChI is InChI=1S/C24H27N5O2S/c1-3-15-31-24(30)29(28-13-11-27(2)12-14-28)23-21(17-25)20-16-19(9-10-22(20)26-23)32-18-7-5-4-6-8-18/h4-10,16,26H,3,11-15H2,1-2H3. The fourth-order valence-corrected chi connectivity index (χ4v) is 4.59. The van der Waals surface area contributed by atoms with Gasteiger partial charge in [0.1, 0.15) is 11.6 Å². The number of piperazine rings is 1. The number of likely N-dealkylation sites (N-methyl/N-ethyl adjacent to an activating group) is 1. The molecular formula is C24H27N5O2S. The number of fused-ring (bicyclic) bond motifs is 1. The molecule has 3 aromatic rings. The molecule has 0 saturated carbocycles. The van der Waals surface area contributed by atoms with Crippen LogP contribution in [-0.4, -0.2) is 60.8 Å². The van der Waals surface area contributed by atoms with Gasteiger partial charge in [0.25, 0.3) is 0 Å². The van der Waals surface area contributed by atoms with Gasteiger partial charge in [-0.25, -0.2) is 9.80 Å². The number of hydrogen-bond donors (Lipinski definition) is 1. The van der Waals surface area contributed by atoms with Crippen LogP contribution in [0.25, 0.3) is 10.9 Å². The minimum Gasteiger partial charge on any atom is -0.448 e. The Morgan fingerprint density at radius 2 is 1.91 bits per heavy atom. The molecule has 1 aromatic heterocycles. The van der Waals surface area contributed by atoms with E-state index in [0.29, 0.717) is 31.1 Å². The van der Waals surface area contributed by atoms with Crippen molar-refractivity contribution >= 4 is 34.6 Å². The summed E-state index contributed by atoms with van der Waals surface area (Å²) in [5, 5.41) is 14.3. The van der Waals surface area contributed by atoms with Crippen molar-refractivity contribution in [2.24, 2.45) is 0 Å². The van der Waals surface area contributed by atoms with Gasteiger partial charge in [0.2, 0.25) is 0 Å². The SMILES string of the molecule is CCCOC(=O)N(c1[nH]c2ccc(Sc3ccccc3)cc2c1C#N)N1CCN(C)CC1. The van der Waals surface area contributed by atoms with Crippen LogP contribution in [0.5, 0.6) is 0 Å². The Labute approximate surface area is 192 Å². The lowest BCUT2D eigenvalue weighted by atomic mass is 10.2. The molecule has 1 N–H and O–H groups in total. The van der Waals surface area contributed by atoms with Crippen molar-refractivity contribution in [2.45, 2.75) is 23.1 Å². The third-order valence-corrected chi connectivity index (χ3v) is 6.42. The van der Waals surface area contributed by atoms with Gasteiger partial charge in [0.15, 0.2) is 5.82 Å². The molecule has 4 rings (SSSR count). The normalized spacial score (nSPS) is 14.9. The van der Waals surface area contributed by atoms with Crippen molar-refractivity contribution in [2.75, 3.05) is 44.8 Å². The molecule has 1 saturated heterocycles. The van der Waals surface area contributed by atoms with Gasteiger partial charge < -0.3 is 14.6 Å². The first-order chi connectivity index (χ1) is 15.6. The molecule has 0 radical (unpaired) electrons. The first-order valence-corrected chi connectivity index (χ1v) is 11.6. The number of aromatic nitrogens is 1. The number of ether oxygens (including phenoxy) is 1. The van der Waals surface area contributed by atoms with Crippen molar-refractivity contribution in [3.8, 4) is 6.07 Å². The summed E-state index contributed by atoms with van der Waals surface area (Å²) in [5.41, 5.74) is 1.26. The number of benzene rings is 2. The van der Waals surface area contributed by atoms with Gasteiger partial charge in [0, 0.05) is 46.9 Å². The topological polar surface area (TPSA) is 75.6 Å². The van der Waals surface area contributed by atoms with Gasteiger partial charge >= 0.3 is 6.09 Å². The zero-order valence-corrected chi connectivity index (χ0v) is 19.2. The van der Waals surface area contributed by atoms with Crippen LogP contribution in [0.2, 0.25) is 0 Å². The zero-order chi connectivity index (χ0) is 22.5. The summed E-state index contributed by atoms with van der Waals surface area (Å²) in [6.07, 6.45) is 0.276. The first kappa shape index (κ1) is 22.2. The van der Waals surface area contributed by atoms with E-state index in [1.165, 1.54) is 5.01 Å². The number of aromatic amines is 1. The Kier molecular flexibility index (Phi) is 7.00. The van der Waals surface area contributed by atoms with E-state index in [1.807, 2.05) is 48.3 Å². The maximum absolute atomic E-state index is 13.1. The van der Waals surface area contributed by atoms with Gasteiger partial charge in [-0.15, -0.1) is 0 Å². The Morgan fingerprint density at radius 1 is 1.16 bits per heavy atom. The minimum absolute atomic E-state index is 0.336. The van der Waals surface area contributed by atoms with Gasteiger partial charge in [-0.1, -0.05) is 36.9 Å². The van der Waals surface area contributed by atoms with E-state index >= 15 is 0 Å². The zero-order valence-electron chi connectivity index (χ0n) is 18.4. The van der Waals surface area contributed by atoms with E-state index in [-0.39, 0.29) is 0 Å². The van der Waals surface area contributed by atoms with E-state index in [2.05, 4.69) is 35.1 Å². The fourth-order valence-electron chi connectivity index (χ4n) is 3.71. The van der Waals surface area contributed by atoms with Crippen molar-refractivity contribution in [1.29, 1.82) is 5.26 Å². The Balaban J connectivity index is 1.72. The second-order valence-electron chi connectivity index (χ2n) is 7.77. The van der Waals surface area contributed by atoms with E-state index in [9.17, 15) is 10.1 Å². The number of nitrogens with one attached hydrogen (secondary N) is 1. The third kappa shape index (κ3) is 4.75. The van der Waals surface area contributed by atoms with Crippen LogP contribution in [0.1, 0.15) is 18.9 Å². The number of nitrogens with zero attached hydrogens (tertiary/aromatic N) is 4. The molecule has 1 fully saturated rings. The van der Waals surface area contributed by atoms with Gasteiger partial charge in [-0.3, -0.25) is 0 Å². The van der Waals surface area contributed by atoms with Crippen molar-refractivity contribution in [1.82, 2.24) is 14.9 Å². The predicted octanol–water partition coefficient (Wildman–Crippen LogP) is 4.71. The van der Waals surface area contributed by atoms with Crippen LogP contribution in [0, 0.1) is 11.3 Å². The molecule has 7 nitrogen and oxygen atoms in total. The highest BCUT2D eigenvalue weighted by atomic mass is 32.2. The smallest absolute Gasteiger partial charge is 0.430 e. The number of amides is 1. The van der Waals surface area contributed by atoms with Crippen LogP contribution in [0.4, 0.5) is 10.6 Å².